The second-order valence-corrected chi connectivity index (χ2v) is 8.67. The molecule has 0 radical (unpaired) electrons. The monoisotopic (exact) mass is 530 g/mol. The maximum atomic E-state index is 13.0. The molecular weight excluding hydrogens is 507 g/mol. The molecule has 0 unspecified atom stereocenters. The third kappa shape index (κ3) is 5.78. The van der Waals surface area contributed by atoms with Crippen LogP contribution >= 0.6 is 23.2 Å². The predicted molar refractivity (Wildman–Crippen MR) is 139 cm³/mol. The molecule has 12 heteroatoms. The Kier molecular flexibility index (Phi) is 8.42. The number of carbonyl (C=O) groups is 2. The largest absolute Gasteiger partial charge is 0.483 e. The third-order valence-corrected chi connectivity index (χ3v) is 6.21. The van der Waals surface area contributed by atoms with E-state index in [1.165, 1.54) is 16.8 Å². The Balaban J connectivity index is 0.000000967. The molecule has 1 amide bonds. The lowest BCUT2D eigenvalue weighted by molar-refractivity contribution is -0.122. The fourth-order valence-corrected chi connectivity index (χ4v) is 4.52. The molecule has 1 fully saturated rings. The Hall–Kier alpha value is -3.60. The fraction of sp³-hybridized carbons (Fsp3) is 0.250. The number of carbonyl (C=O) groups excluding carboxylic acids is 1. The average molecular weight is 531 g/mol. The van der Waals surface area contributed by atoms with E-state index in [1.54, 1.807) is 18.2 Å². The molecule has 3 aromatic rings. The van der Waals surface area contributed by atoms with Crippen molar-refractivity contribution in [1.29, 1.82) is 0 Å². The van der Waals surface area contributed by atoms with Gasteiger partial charge in [0.1, 0.15) is 5.56 Å². The molecule has 3 N–H and O–H groups in total. The van der Waals surface area contributed by atoms with E-state index in [1.807, 2.05) is 12.1 Å². The molecule has 2 aliphatic rings. The summed E-state index contributed by atoms with van der Waals surface area (Å²) in [6.07, 6.45) is 2.57. The van der Waals surface area contributed by atoms with Crippen LogP contribution in [-0.4, -0.2) is 60.4 Å². The van der Waals surface area contributed by atoms with Crippen molar-refractivity contribution in [3.63, 3.8) is 0 Å². The van der Waals surface area contributed by atoms with Crippen LogP contribution in [0, 0.1) is 0 Å². The molecule has 0 atom stereocenters. The number of rotatable bonds is 4. The van der Waals surface area contributed by atoms with Crippen molar-refractivity contribution in [2.75, 3.05) is 48.0 Å². The average Bonchev–Trinajstić information content (AvgIpc) is 3.16. The van der Waals surface area contributed by atoms with Gasteiger partial charge in [-0.05, 0) is 49.4 Å². The minimum absolute atomic E-state index is 0.0505. The van der Waals surface area contributed by atoms with Gasteiger partial charge in [-0.3, -0.25) is 14.5 Å². The Morgan fingerprint density at radius 2 is 1.81 bits per heavy atom. The molecule has 2 aromatic carbocycles. The van der Waals surface area contributed by atoms with Gasteiger partial charge in [-0.15, -0.1) is 0 Å². The highest BCUT2D eigenvalue weighted by Crippen LogP contribution is 2.37. The highest BCUT2D eigenvalue weighted by molar-refractivity contribution is 6.40. The van der Waals surface area contributed by atoms with Crippen LogP contribution in [-0.2, 0) is 4.79 Å². The van der Waals surface area contributed by atoms with E-state index in [0.717, 1.165) is 38.3 Å². The predicted octanol–water partition coefficient (Wildman–Crippen LogP) is 4.02. The number of ether oxygens (including phenoxy) is 1. The van der Waals surface area contributed by atoms with Crippen molar-refractivity contribution in [3.8, 4) is 5.88 Å². The number of aromatic nitrogens is 2. The van der Waals surface area contributed by atoms with Gasteiger partial charge < -0.3 is 25.4 Å². The summed E-state index contributed by atoms with van der Waals surface area (Å²) < 4.78 is 5.74. The van der Waals surface area contributed by atoms with E-state index >= 15 is 0 Å². The van der Waals surface area contributed by atoms with Gasteiger partial charge in [0.2, 0.25) is 11.8 Å². The van der Waals surface area contributed by atoms with Crippen LogP contribution in [0.4, 0.5) is 23.0 Å². The van der Waals surface area contributed by atoms with Gasteiger partial charge in [-0.1, -0.05) is 29.3 Å². The smallest absolute Gasteiger partial charge is 0.290 e. The molecule has 10 nitrogen and oxygen atoms in total. The summed E-state index contributed by atoms with van der Waals surface area (Å²) in [5, 5.41) is 14.2. The van der Waals surface area contributed by atoms with Gasteiger partial charge in [0.05, 0.1) is 15.7 Å². The molecule has 0 spiro atoms. The molecule has 2 aliphatic heterocycles. The van der Waals surface area contributed by atoms with Crippen LogP contribution < -0.4 is 25.2 Å². The minimum Gasteiger partial charge on any atom is -0.483 e. The van der Waals surface area contributed by atoms with Gasteiger partial charge >= 0.3 is 0 Å². The zero-order chi connectivity index (χ0) is 25.5. The molecule has 36 heavy (non-hydrogen) atoms. The van der Waals surface area contributed by atoms with E-state index in [4.69, 9.17) is 37.8 Å². The Bertz CT molecular complexity index is 1200. The number of benzene rings is 2. The second-order valence-electron chi connectivity index (χ2n) is 7.86. The van der Waals surface area contributed by atoms with Crippen LogP contribution in [0.15, 0.2) is 48.7 Å². The molecule has 5 rings (SSSR count). The standard InChI is InChI=1S/C23H22Cl2N6O2.CH2O2/c24-18-3-1-4-19(25)20(18)31-14-33-21-17(22(31)32)13-27-23(29-21)28-15-5-7-16(8-6-15)30-11-2-9-26-10-12-30;2-1-3/h1,3-8,13,26H,2,9-12,14H2,(H,27,28,29);1H,(H,2,3). The maximum Gasteiger partial charge on any atom is 0.290 e. The van der Waals surface area contributed by atoms with Crippen molar-refractivity contribution in [2.24, 2.45) is 0 Å². The lowest BCUT2D eigenvalue weighted by Gasteiger charge is -2.29. The molecule has 0 saturated carbocycles. The highest BCUT2D eigenvalue weighted by atomic mass is 35.5. The number of hydrogen-bond acceptors (Lipinski definition) is 8. The summed E-state index contributed by atoms with van der Waals surface area (Å²) in [5.74, 6) is 0.234. The van der Waals surface area contributed by atoms with Gasteiger partial charge in [-0.2, -0.15) is 4.98 Å². The number of halogens is 2. The Morgan fingerprint density at radius 3 is 2.53 bits per heavy atom. The van der Waals surface area contributed by atoms with E-state index in [9.17, 15) is 4.79 Å². The van der Waals surface area contributed by atoms with Crippen molar-refractivity contribution in [1.82, 2.24) is 15.3 Å². The molecule has 3 heterocycles. The number of nitrogens with zero attached hydrogens (tertiary/aromatic N) is 4. The summed E-state index contributed by atoms with van der Waals surface area (Å²) in [6, 6.07) is 13.2. The van der Waals surface area contributed by atoms with E-state index in [-0.39, 0.29) is 30.6 Å². The number of amides is 1. The number of anilines is 4. The van der Waals surface area contributed by atoms with Crippen molar-refractivity contribution in [2.45, 2.75) is 6.42 Å². The van der Waals surface area contributed by atoms with Crippen LogP contribution in [0.1, 0.15) is 16.8 Å². The molecular formula is C24H24Cl2N6O4. The number of hydrogen-bond donors (Lipinski definition) is 3. The molecule has 1 saturated heterocycles. The zero-order valence-electron chi connectivity index (χ0n) is 19.2. The summed E-state index contributed by atoms with van der Waals surface area (Å²) >= 11 is 12.5. The first kappa shape index (κ1) is 25.5. The normalized spacial score (nSPS) is 15.1. The van der Waals surface area contributed by atoms with Crippen LogP contribution in [0.5, 0.6) is 5.88 Å². The first-order valence-corrected chi connectivity index (χ1v) is 11.9. The van der Waals surface area contributed by atoms with Crippen molar-refractivity contribution in [3.05, 3.63) is 64.3 Å². The van der Waals surface area contributed by atoms with Crippen LogP contribution in [0.25, 0.3) is 0 Å². The first-order valence-electron chi connectivity index (χ1n) is 11.2. The summed E-state index contributed by atoms with van der Waals surface area (Å²) in [4.78, 5) is 33.8. The van der Waals surface area contributed by atoms with Crippen LogP contribution in [0.3, 0.4) is 0 Å². The van der Waals surface area contributed by atoms with Gasteiger partial charge in [0.15, 0.2) is 6.73 Å². The van der Waals surface area contributed by atoms with Crippen molar-refractivity contribution >= 4 is 58.6 Å². The number of para-hydroxylation sites is 1. The topological polar surface area (TPSA) is 120 Å². The summed E-state index contributed by atoms with van der Waals surface area (Å²) in [5.41, 5.74) is 2.67. The summed E-state index contributed by atoms with van der Waals surface area (Å²) in [6.45, 7) is 3.77. The highest BCUT2D eigenvalue weighted by Gasteiger charge is 2.31. The minimum atomic E-state index is -0.325. The number of fused-ring (bicyclic) bond motifs is 1. The van der Waals surface area contributed by atoms with Crippen LogP contribution in [0.2, 0.25) is 10.0 Å². The molecule has 0 aliphatic carbocycles. The second kappa shape index (κ2) is 11.9. The number of carboxylic acid groups (broad SMARTS) is 1. The van der Waals surface area contributed by atoms with E-state index in [0.29, 0.717) is 21.7 Å². The summed E-state index contributed by atoms with van der Waals surface area (Å²) in [7, 11) is 0. The molecule has 1 aromatic heterocycles. The Morgan fingerprint density at radius 1 is 1.08 bits per heavy atom. The number of nitrogens with one attached hydrogen (secondary N) is 2. The van der Waals surface area contributed by atoms with Gasteiger partial charge in [0, 0.05) is 37.2 Å². The maximum absolute atomic E-state index is 13.0. The quantitative estimate of drug-likeness (QED) is 0.429. The fourth-order valence-electron chi connectivity index (χ4n) is 3.91. The van der Waals surface area contributed by atoms with Gasteiger partial charge in [-0.25, -0.2) is 4.98 Å². The zero-order valence-corrected chi connectivity index (χ0v) is 20.7. The lowest BCUT2D eigenvalue weighted by atomic mass is 10.2. The van der Waals surface area contributed by atoms with Gasteiger partial charge in [0.25, 0.3) is 12.4 Å². The lowest BCUT2D eigenvalue weighted by Crippen LogP contribution is -2.39. The van der Waals surface area contributed by atoms with E-state index in [2.05, 4.69) is 37.6 Å². The third-order valence-electron chi connectivity index (χ3n) is 5.60. The van der Waals surface area contributed by atoms with E-state index < -0.39 is 0 Å². The molecule has 188 valence electrons. The SMILES string of the molecule is O=C1c2cnc(Nc3ccc(N4CCCNCC4)cc3)nc2OCN1c1c(Cl)cccc1Cl.O=CO. The Labute approximate surface area is 217 Å². The molecule has 0 bridgehead atoms. The van der Waals surface area contributed by atoms with Crippen molar-refractivity contribution < 1.29 is 19.4 Å². The first-order chi connectivity index (χ1) is 17.5.